The van der Waals surface area contributed by atoms with Gasteiger partial charge < -0.3 is 0 Å². The van der Waals surface area contributed by atoms with Crippen LogP contribution in [0.2, 0.25) is 0 Å². The summed E-state index contributed by atoms with van der Waals surface area (Å²) in [4.78, 5) is 0. The van der Waals surface area contributed by atoms with Crippen LogP contribution >= 0.6 is 0 Å². The van der Waals surface area contributed by atoms with Gasteiger partial charge in [0.1, 0.15) is 0 Å². The predicted molar refractivity (Wildman–Crippen MR) is 73.2 cm³/mol. The number of rotatable bonds is 4. The molecule has 6 heteroatoms. The number of benzene rings is 1. The van der Waals surface area contributed by atoms with Crippen molar-refractivity contribution in [2.45, 2.75) is 31.8 Å². The lowest BCUT2D eigenvalue weighted by Gasteiger charge is -2.16. The second-order valence-corrected chi connectivity index (χ2v) is 6.31. The van der Waals surface area contributed by atoms with E-state index in [-0.39, 0.29) is 11.1 Å². The Kier molecular flexibility index (Phi) is 3.73. The fourth-order valence-electron chi connectivity index (χ4n) is 2.06. The molecule has 1 atom stereocenters. The fraction of sp³-hybridized carbons (Fsp3) is 0.308. The first-order valence-electron chi connectivity index (χ1n) is 5.99. The molecule has 102 valence electrons. The Balaban J connectivity index is 2.24. The van der Waals surface area contributed by atoms with Crippen LogP contribution in [-0.4, -0.2) is 18.6 Å². The molecule has 0 spiro atoms. The van der Waals surface area contributed by atoms with Gasteiger partial charge in [-0.15, -0.1) is 0 Å². The van der Waals surface area contributed by atoms with Gasteiger partial charge in [-0.05, 0) is 38.0 Å². The highest BCUT2D eigenvalue weighted by atomic mass is 32.2. The van der Waals surface area contributed by atoms with Crippen LogP contribution in [0.4, 0.5) is 0 Å². The molecule has 0 radical (unpaired) electrons. The van der Waals surface area contributed by atoms with Gasteiger partial charge >= 0.3 is 0 Å². The SMILES string of the molecule is Cc1ccc(C(C)NS(=O)(=O)c2ccn[nH]2)c(C)c1. The molecule has 19 heavy (non-hydrogen) atoms. The van der Waals surface area contributed by atoms with Crippen molar-refractivity contribution in [3.63, 3.8) is 0 Å². The van der Waals surface area contributed by atoms with Crippen LogP contribution in [0.25, 0.3) is 0 Å². The average molecular weight is 279 g/mol. The maximum atomic E-state index is 12.1. The molecule has 0 saturated carbocycles. The maximum Gasteiger partial charge on any atom is 0.258 e. The summed E-state index contributed by atoms with van der Waals surface area (Å²) >= 11 is 0. The molecular formula is C13H17N3O2S. The Bertz CT molecular complexity index is 663. The third-order valence-electron chi connectivity index (χ3n) is 2.99. The number of aromatic nitrogens is 2. The third-order valence-corrected chi connectivity index (χ3v) is 4.46. The van der Waals surface area contributed by atoms with E-state index in [1.54, 1.807) is 0 Å². The minimum atomic E-state index is -3.56. The molecule has 0 saturated heterocycles. The van der Waals surface area contributed by atoms with Gasteiger partial charge in [0.25, 0.3) is 10.0 Å². The van der Waals surface area contributed by atoms with Crippen LogP contribution in [0.3, 0.4) is 0 Å². The van der Waals surface area contributed by atoms with E-state index in [0.29, 0.717) is 0 Å². The Morgan fingerprint density at radius 3 is 2.58 bits per heavy atom. The number of nitrogens with one attached hydrogen (secondary N) is 2. The van der Waals surface area contributed by atoms with E-state index in [9.17, 15) is 8.42 Å². The highest BCUT2D eigenvalue weighted by Gasteiger charge is 2.20. The molecule has 2 N–H and O–H groups in total. The van der Waals surface area contributed by atoms with E-state index < -0.39 is 10.0 Å². The smallest absolute Gasteiger partial charge is 0.258 e. The average Bonchev–Trinajstić information content (AvgIpc) is 2.81. The maximum absolute atomic E-state index is 12.1. The summed E-state index contributed by atoms with van der Waals surface area (Å²) in [5.41, 5.74) is 3.19. The van der Waals surface area contributed by atoms with Crippen molar-refractivity contribution in [1.29, 1.82) is 0 Å². The molecule has 5 nitrogen and oxygen atoms in total. The lowest BCUT2D eigenvalue weighted by molar-refractivity contribution is 0.562. The molecular weight excluding hydrogens is 262 g/mol. The normalized spacial score (nSPS) is 13.4. The lowest BCUT2D eigenvalue weighted by atomic mass is 10.0. The first-order valence-corrected chi connectivity index (χ1v) is 7.47. The van der Waals surface area contributed by atoms with Gasteiger partial charge in [0.05, 0.1) is 6.20 Å². The number of H-pyrrole nitrogens is 1. The molecule has 0 fully saturated rings. The molecule has 0 aliphatic heterocycles. The van der Waals surface area contributed by atoms with Crippen molar-refractivity contribution in [2.24, 2.45) is 0 Å². The monoisotopic (exact) mass is 279 g/mol. The van der Waals surface area contributed by atoms with Crippen LogP contribution in [0.5, 0.6) is 0 Å². The zero-order valence-electron chi connectivity index (χ0n) is 11.1. The summed E-state index contributed by atoms with van der Waals surface area (Å²) in [5, 5.41) is 6.18. The number of aryl methyl sites for hydroxylation is 2. The van der Waals surface area contributed by atoms with Gasteiger partial charge in [-0.3, -0.25) is 5.10 Å². The van der Waals surface area contributed by atoms with Crippen molar-refractivity contribution in [3.8, 4) is 0 Å². The van der Waals surface area contributed by atoms with Crippen LogP contribution in [0.15, 0.2) is 35.5 Å². The number of aromatic amines is 1. The second kappa shape index (κ2) is 5.14. The Labute approximate surface area is 113 Å². The standard InChI is InChI=1S/C13H17N3O2S/c1-9-4-5-12(10(2)8-9)11(3)16-19(17,18)13-6-7-14-15-13/h4-8,11,16H,1-3H3,(H,14,15). The topological polar surface area (TPSA) is 74.8 Å². The highest BCUT2D eigenvalue weighted by molar-refractivity contribution is 7.89. The van der Waals surface area contributed by atoms with Gasteiger partial charge in [0.2, 0.25) is 0 Å². The van der Waals surface area contributed by atoms with Gasteiger partial charge in [0.15, 0.2) is 5.03 Å². The first kappa shape index (κ1) is 13.8. The van der Waals surface area contributed by atoms with E-state index in [1.165, 1.54) is 12.3 Å². The largest absolute Gasteiger partial charge is 0.266 e. The van der Waals surface area contributed by atoms with Crippen LogP contribution in [0.1, 0.15) is 29.7 Å². The number of hydrogen-bond acceptors (Lipinski definition) is 3. The summed E-state index contributed by atoms with van der Waals surface area (Å²) in [6.45, 7) is 5.81. The van der Waals surface area contributed by atoms with Crippen LogP contribution < -0.4 is 4.72 Å². The third kappa shape index (κ3) is 3.02. The van der Waals surface area contributed by atoms with E-state index in [0.717, 1.165) is 16.7 Å². The van der Waals surface area contributed by atoms with Crippen LogP contribution in [-0.2, 0) is 10.0 Å². The minimum absolute atomic E-state index is 0.0733. The summed E-state index contributed by atoms with van der Waals surface area (Å²) in [5.74, 6) is 0. The number of hydrogen-bond donors (Lipinski definition) is 2. The van der Waals surface area contributed by atoms with Crippen molar-refractivity contribution in [3.05, 3.63) is 47.2 Å². The highest BCUT2D eigenvalue weighted by Crippen LogP contribution is 2.20. The molecule has 2 rings (SSSR count). The van der Waals surface area contributed by atoms with Crippen LogP contribution in [0, 0.1) is 13.8 Å². The molecule has 0 aliphatic carbocycles. The van der Waals surface area contributed by atoms with Gasteiger partial charge in [-0.1, -0.05) is 23.8 Å². The van der Waals surface area contributed by atoms with Crippen molar-refractivity contribution in [2.75, 3.05) is 0 Å². The van der Waals surface area contributed by atoms with E-state index in [4.69, 9.17) is 0 Å². The van der Waals surface area contributed by atoms with Crippen molar-refractivity contribution in [1.82, 2.24) is 14.9 Å². The second-order valence-electron chi connectivity index (χ2n) is 4.62. The number of sulfonamides is 1. The zero-order chi connectivity index (χ0) is 14.0. The molecule has 1 aromatic carbocycles. The Hall–Kier alpha value is -1.66. The summed E-state index contributed by atoms with van der Waals surface area (Å²) in [6.07, 6.45) is 1.41. The molecule has 0 bridgehead atoms. The quantitative estimate of drug-likeness (QED) is 0.899. The van der Waals surface area contributed by atoms with Crippen molar-refractivity contribution >= 4 is 10.0 Å². The van der Waals surface area contributed by atoms with Gasteiger partial charge in [0, 0.05) is 6.04 Å². The summed E-state index contributed by atoms with van der Waals surface area (Å²) < 4.78 is 26.8. The summed E-state index contributed by atoms with van der Waals surface area (Å²) in [6, 6.07) is 7.09. The van der Waals surface area contributed by atoms with E-state index >= 15 is 0 Å². The minimum Gasteiger partial charge on any atom is -0.266 e. The fourth-order valence-corrected chi connectivity index (χ4v) is 3.20. The molecule has 0 amide bonds. The molecule has 1 aromatic heterocycles. The Morgan fingerprint density at radius 1 is 1.26 bits per heavy atom. The molecule has 0 aliphatic rings. The lowest BCUT2D eigenvalue weighted by Crippen LogP contribution is -2.27. The predicted octanol–water partition coefficient (Wildman–Crippen LogP) is 2.07. The Morgan fingerprint density at radius 2 is 2.00 bits per heavy atom. The van der Waals surface area contributed by atoms with E-state index in [1.807, 2.05) is 39.0 Å². The first-order chi connectivity index (χ1) is 8.90. The van der Waals surface area contributed by atoms with Crippen molar-refractivity contribution < 1.29 is 8.42 Å². The van der Waals surface area contributed by atoms with Gasteiger partial charge in [-0.2, -0.15) is 5.10 Å². The van der Waals surface area contributed by atoms with E-state index in [2.05, 4.69) is 14.9 Å². The van der Waals surface area contributed by atoms with Gasteiger partial charge in [-0.25, -0.2) is 13.1 Å². The molecule has 1 heterocycles. The molecule has 1 unspecified atom stereocenters. The zero-order valence-corrected chi connectivity index (χ0v) is 12.0. The number of nitrogens with zero attached hydrogens (tertiary/aromatic N) is 1. The molecule has 2 aromatic rings. The summed E-state index contributed by atoms with van der Waals surface area (Å²) in [7, 11) is -3.56.